The molecule has 0 saturated heterocycles. The van der Waals surface area contributed by atoms with E-state index in [9.17, 15) is 0 Å². The number of hydrogen-bond donors (Lipinski definition) is 1. The summed E-state index contributed by atoms with van der Waals surface area (Å²) in [6.07, 6.45) is 5.49. The topological polar surface area (TPSA) is 21.3 Å². The summed E-state index contributed by atoms with van der Waals surface area (Å²) in [7, 11) is 1.71. The molecular weight excluding hydrogens is 210 g/mol. The zero-order valence-electron chi connectivity index (χ0n) is 10.9. The summed E-state index contributed by atoms with van der Waals surface area (Å²) in [5, 5.41) is 3.68. The molecule has 1 aromatic carbocycles. The molecule has 0 bridgehead atoms. The second kappa shape index (κ2) is 6.06. The van der Waals surface area contributed by atoms with Crippen molar-refractivity contribution in [2.45, 2.75) is 45.2 Å². The molecule has 2 atom stereocenters. The van der Waals surface area contributed by atoms with Gasteiger partial charge in [-0.05, 0) is 36.5 Å². The number of hydrogen-bond acceptors (Lipinski definition) is 2. The second-order valence-electron chi connectivity index (χ2n) is 5.10. The Kier molecular flexibility index (Phi) is 4.43. The van der Waals surface area contributed by atoms with E-state index in [1.165, 1.54) is 31.2 Å². The third kappa shape index (κ3) is 3.47. The zero-order chi connectivity index (χ0) is 12.1. The van der Waals surface area contributed by atoms with Gasteiger partial charge in [0.2, 0.25) is 0 Å². The van der Waals surface area contributed by atoms with Crippen LogP contribution in [0.2, 0.25) is 0 Å². The predicted octanol–water partition coefficient (Wildman–Crippen LogP) is 3.36. The van der Waals surface area contributed by atoms with Gasteiger partial charge in [-0.1, -0.05) is 31.9 Å². The van der Waals surface area contributed by atoms with Crippen LogP contribution in [-0.4, -0.2) is 13.2 Å². The summed E-state index contributed by atoms with van der Waals surface area (Å²) in [4.78, 5) is 0. The minimum Gasteiger partial charge on any atom is -0.497 e. The van der Waals surface area contributed by atoms with Crippen molar-refractivity contribution < 1.29 is 4.74 Å². The van der Waals surface area contributed by atoms with Crippen LogP contribution in [0.15, 0.2) is 24.3 Å². The van der Waals surface area contributed by atoms with Crippen molar-refractivity contribution in [3.05, 3.63) is 29.8 Å². The van der Waals surface area contributed by atoms with Crippen molar-refractivity contribution in [2.75, 3.05) is 7.11 Å². The average molecular weight is 233 g/mol. The molecule has 0 spiro atoms. The smallest absolute Gasteiger partial charge is 0.118 e. The van der Waals surface area contributed by atoms with E-state index in [-0.39, 0.29) is 0 Å². The van der Waals surface area contributed by atoms with Gasteiger partial charge in [0.15, 0.2) is 0 Å². The minimum absolute atomic E-state index is 0.700. The summed E-state index contributed by atoms with van der Waals surface area (Å²) >= 11 is 0. The van der Waals surface area contributed by atoms with Crippen molar-refractivity contribution in [1.29, 1.82) is 0 Å². The molecule has 2 rings (SSSR count). The van der Waals surface area contributed by atoms with Crippen molar-refractivity contribution in [1.82, 2.24) is 5.32 Å². The number of rotatable bonds is 4. The van der Waals surface area contributed by atoms with Crippen molar-refractivity contribution in [3.63, 3.8) is 0 Å². The molecule has 1 N–H and O–H groups in total. The van der Waals surface area contributed by atoms with E-state index in [1.54, 1.807) is 7.11 Å². The Hall–Kier alpha value is -1.02. The van der Waals surface area contributed by atoms with Gasteiger partial charge in [-0.3, -0.25) is 0 Å². The van der Waals surface area contributed by atoms with Crippen LogP contribution >= 0.6 is 0 Å². The Labute approximate surface area is 104 Å². The lowest BCUT2D eigenvalue weighted by Crippen LogP contribution is -2.36. The first-order chi connectivity index (χ1) is 8.29. The maximum Gasteiger partial charge on any atom is 0.118 e. The number of nitrogens with one attached hydrogen (secondary N) is 1. The molecule has 1 aromatic rings. The SMILES string of the molecule is COc1ccc(CNC2CCCCC2C)cc1. The van der Waals surface area contributed by atoms with Crippen molar-refractivity contribution in [2.24, 2.45) is 5.92 Å². The Balaban J connectivity index is 1.84. The van der Waals surface area contributed by atoms with E-state index in [0.717, 1.165) is 18.2 Å². The summed E-state index contributed by atoms with van der Waals surface area (Å²) in [6.45, 7) is 3.34. The van der Waals surface area contributed by atoms with E-state index < -0.39 is 0 Å². The van der Waals surface area contributed by atoms with Gasteiger partial charge in [0.1, 0.15) is 5.75 Å². The zero-order valence-corrected chi connectivity index (χ0v) is 10.9. The van der Waals surface area contributed by atoms with Crippen LogP contribution < -0.4 is 10.1 Å². The number of ether oxygens (including phenoxy) is 1. The Morgan fingerprint density at radius 3 is 2.53 bits per heavy atom. The second-order valence-corrected chi connectivity index (χ2v) is 5.10. The molecule has 0 radical (unpaired) electrons. The number of benzene rings is 1. The molecule has 94 valence electrons. The fourth-order valence-corrected chi connectivity index (χ4v) is 2.61. The minimum atomic E-state index is 0.700. The molecule has 0 aromatic heterocycles. The maximum absolute atomic E-state index is 5.16. The van der Waals surface area contributed by atoms with Crippen LogP contribution in [0.5, 0.6) is 5.75 Å². The van der Waals surface area contributed by atoms with Gasteiger partial charge in [-0.2, -0.15) is 0 Å². The summed E-state index contributed by atoms with van der Waals surface area (Å²) < 4.78 is 5.16. The first kappa shape index (κ1) is 12.4. The maximum atomic E-state index is 5.16. The lowest BCUT2D eigenvalue weighted by Gasteiger charge is -2.29. The fraction of sp³-hybridized carbons (Fsp3) is 0.600. The largest absolute Gasteiger partial charge is 0.497 e. The van der Waals surface area contributed by atoms with Crippen LogP contribution in [0.4, 0.5) is 0 Å². The summed E-state index contributed by atoms with van der Waals surface area (Å²) in [5.74, 6) is 1.75. The van der Waals surface area contributed by atoms with Gasteiger partial charge in [-0.25, -0.2) is 0 Å². The van der Waals surface area contributed by atoms with E-state index in [4.69, 9.17) is 4.74 Å². The Morgan fingerprint density at radius 1 is 1.18 bits per heavy atom. The van der Waals surface area contributed by atoms with Crippen LogP contribution in [0.1, 0.15) is 38.2 Å². The summed E-state index contributed by atoms with van der Waals surface area (Å²) in [5.41, 5.74) is 1.34. The highest BCUT2D eigenvalue weighted by atomic mass is 16.5. The monoisotopic (exact) mass is 233 g/mol. The Bertz CT molecular complexity index is 333. The van der Waals surface area contributed by atoms with Crippen LogP contribution in [0.25, 0.3) is 0 Å². The normalized spacial score (nSPS) is 24.6. The van der Waals surface area contributed by atoms with Gasteiger partial charge in [0.25, 0.3) is 0 Å². The highest BCUT2D eigenvalue weighted by Crippen LogP contribution is 2.24. The lowest BCUT2D eigenvalue weighted by atomic mass is 9.86. The van der Waals surface area contributed by atoms with E-state index >= 15 is 0 Å². The molecule has 2 nitrogen and oxygen atoms in total. The molecule has 1 fully saturated rings. The first-order valence-electron chi connectivity index (χ1n) is 6.66. The fourth-order valence-electron chi connectivity index (χ4n) is 2.61. The molecular formula is C15H23NO. The van der Waals surface area contributed by atoms with Crippen molar-refractivity contribution >= 4 is 0 Å². The average Bonchev–Trinajstić information content (AvgIpc) is 2.38. The number of methoxy groups -OCH3 is 1. The molecule has 1 saturated carbocycles. The first-order valence-corrected chi connectivity index (χ1v) is 6.66. The van der Waals surface area contributed by atoms with E-state index in [1.807, 2.05) is 12.1 Å². The molecule has 1 aliphatic rings. The molecule has 2 heteroatoms. The van der Waals surface area contributed by atoms with Crippen LogP contribution in [0, 0.1) is 5.92 Å². The van der Waals surface area contributed by atoms with Gasteiger partial charge in [0, 0.05) is 12.6 Å². The third-order valence-electron chi connectivity index (χ3n) is 3.84. The standard InChI is InChI=1S/C15H23NO/c1-12-5-3-4-6-15(12)16-11-13-7-9-14(17-2)10-8-13/h7-10,12,15-16H,3-6,11H2,1-2H3. The molecule has 2 unspecified atom stereocenters. The summed E-state index contributed by atoms with van der Waals surface area (Å²) in [6, 6.07) is 9.03. The highest BCUT2D eigenvalue weighted by molar-refractivity contribution is 5.27. The van der Waals surface area contributed by atoms with Crippen LogP contribution in [0.3, 0.4) is 0 Å². The molecule has 0 amide bonds. The van der Waals surface area contributed by atoms with E-state index in [0.29, 0.717) is 6.04 Å². The van der Waals surface area contributed by atoms with Crippen molar-refractivity contribution in [3.8, 4) is 5.75 Å². The highest BCUT2D eigenvalue weighted by Gasteiger charge is 2.20. The van der Waals surface area contributed by atoms with Gasteiger partial charge in [-0.15, -0.1) is 0 Å². The molecule has 1 aliphatic carbocycles. The third-order valence-corrected chi connectivity index (χ3v) is 3.84. The quantitative estimate of drug-likeness (QED) is 0.861. The van der Waals surface area contributed by atoms with E-state index in [2.05, 4.69) is 24.4 Å². The Morgan fingerprint density at radius 2 is 1.88 bits per heavy atom. The molecule has 0 aliphatic heterocycles. The van der Waals surface area contributed by atoms with Gasteiger partial charge in [0.05, 0.1) is 7.11 Å². The lowest BCUT2D eigenvalue weighted by molar-refractivity contribution is 0.279. The van der Waals surface area contributed by atoms with Crippen LogP contribution in [-0.2, 0) is 6.54 Å². The predicted molar refractivity (Wildman–Crippen MR) is 71.3 cm³/mol. The molecule has 17 heavy (non-hydrogen) atoms. The van der Waals surface area contributed by atoms with Gasteiger partial charge >= 0.3 is 0 Å². The molecule has 0 heterocycles. The van der Waals surface area contributed by atoms with Gasteiger partial charge < -0.3 is 10.1 Å².